The maximum Gasteiger partial charge on any atom is 0.345 e. The van der Waals surface area contributed by atoms with E-state index in [1.165, 1.54) is 12.1 Å². The zero-order chi connectivity index (χ0) is 15.9. The van der Waals surface area contributed by atoms with E-state index in [4.69, 9.17) is 10.9 Å². The standard InChI is InChI=1S/C14H10FN3O3S/c15-8-4-2-1-3-7(8)5-11-17-9-6-10(14(20)21)22-12(9)13(19)18(11)16/h1-4,6H,5,16H2,(H,20,21). The minimum atomic E-state index is -1.14. The lowest BCUT2D eigenvalue weighted by atomic mass is 10.1. The molecule has 0 unspecified atom stereocenters. The second-order valence-electron chi connectivity index (χ2n) is 4.60. The molecule has 1 aromatic carbocycles. The normalized spacial score (nSPS) is 11.0. The fourth-order valence-electron chi connectivity index (χ4n) is 2.08. The molecule has 22 heavy (non-hydrogen) atoms. The Labute approximate surface area is 127 Å². The molecule has 112 valence electrons. The summed E-state index contributed by atoms with van der Waals surface area (Å²) in [5.41, 5.74) is 0.0518. The van der Waals surface area contributed by atoms with Gasteiger partial charge in [0, 0.05) is 6.42 Å². The predicted molar refractivity (Wildman–Crippen MR) is 80.2 cm³/mol. The summed E-state index contributed by atoms with van der Waals surface area (Å²) >= 11 is 0.815. The van der Waals surface area contributed by atoms with Crippen LogP contribution in [0.4, 0.5) is 4.39 Å². The minimum Gasteiger partial charge on any atom is -0.477 e. The Bertz CT molecular complexity index is 948. The highest BCUT2D eigenvalue weighted by Gasteiger charge is 2.16. The van der Waals surface area contributed by atoms with Gasteiger partial charge in [-0.05, 0) is 17.7 Å². The van der Waals surface area contributed by atoms with Crippen molar-refractivity contribution in [2.75, 3.05) is 5.84 Å². The Hall–Kier alpha value is -2.74. The van der Waals surface area contributed by atoms with Crippen LogP contribution < -0.4 is 11.4 Å². The first-order valence-electron chi connectivity index (χ1n) is 6.24. The van der Waals surface area contributed by atoms with Crippen LogP contribution >= 0.6 is 11.3 Å². The highest BCUT2D eigenvalue weighted by molar-refractivity contribution is 7.20. The molecule has 0 amide bonds. The lowest BCUT2D eigenvalue weighted by molar-refractivity contribution is 0.0702. The molecule has 3 N–H and O–H groups in total. The van der Waals surface area contributed by atoms with Crippen molar-refractivity contribution < 1.29 is 14.3 Å². The molecule has 0 spiro atoms. The number of aromatic carboxylic acids is 1. The second-order valence-corrected chi connectivity index (χ2v) is 5.65. The number of carboxylic acid groups (broad SMARTS) is 1. The molecule has 6 nitrogen and oxygen atoms in total. The molecular weight excluding hydrogens is 309 g/mol. The molecule has 3 rings (SSSR count). The third-order valence-electron chi connectivity index (χ3n) is 3.17. The molecule has 2 aromatic heterocycles. The summed E-state index contributed by atoms with van der Waals surface area (Å²) in [5, 5.41) is 8.98. The van der Waals surface area contributed by atoms with E-state index in [2.05, 4.69) is 4.98 Å². The first kappa shape index (κ1) is 14.2. The molecular formula is C14H10FN3O3S. The summed E-state index contributed by atoms with van der Waals surface area (Å²) in [4.78, 5) is 27.4. The molecule has 0 aliphatic rings. The van der Waals surface area contributed by atoms with Gasteiger partial charge in [-0.3, -0.25) is 4.79 Å². The fourth-order valence-corrected chi connectivity index (χ4v) is 2.95. The highest BCUT2D eigenvalue weighted by Crippen LogP contribution is 2.22. The van der Waals surface area contributed by atoms with Crippen LogP contribution in [-0.2, 0) is 6.42 Å². The molecule has 0 fully saturated rings. The lowest BCUT2D eigenvalue weighted by Gasteiger charge is -2.07. The molecule has 0 bridgehead atoms. The van der Waals surface area contributed by atoms with Crippen LogP contribution in [0.5, 0.6) is 0 Å². The third kappa shape index (κ3) is 2.33. The van der Waals surface area contributed by atoms with Crippen molar-refractivity contribution in [2.24, 2.45) is 0 Å². The SMILES string of the molecule is Nn1c(Cc2ccccc2F)nc2cc(C(=O)O)sc2c1=O. The number of halogens is 1. The maximum absolute atomic E-state index is 13.7. The van der Waals surface area contributed by atoms with E-state index < -0.39 is 17.3 Å². The molecule has 0 atom stereocenters. The first-order chi connectivity index (χ1) is 10.5. The average molecular weight is 319 g/mol. The van der Waals surface area contributed by atoms with Crippen LogP contribution in [0.15, 0.2) is 35.1 Å². The van der Waals surface area contributed by atoms with Gasteiger partial charge in [0.15, 0.2) is 0 Å². The number of carboxylic acids is 1. The van der Waals surface area contributed by atoms with E-state index in [1.54, 1.807) is 18.2 Å². The van der Waals surface area contributed by atoms with Gasteiger partial charge in [-0.15, -0.1) is 11.3 Å². The smallest absolute Gasteiger partial charge is 0.345 e. The van der Waals surface area contributed by atoms with Crippen molar-refractivity contribution in [1.82, 2.24) is 9.66 Å². The van der Waals surface area contributed by atoms with Crippen LogP contribution in [0.1, 0.15) is 21.1 Å². The lowest BCUT2D eigenvalue weighted by Crippen LogP contribution is -2.31. The number of nitrogens with zero attached hydrogens (tertiary/aromatic N) is 2. The van der Waals surface area contributed by atoms with E-state index in [0.717, 1.165) is 16.0 Å². The largest absolute Gasteiger partial charge is 0.477 e. The van der Waals surface area contributed by atoms with Crippen LogP contribution in [0.25, 0.3) is 10.2 Å². The molecule has 8 heteroatoms. The topological polar surface area (TPSA) is 98.2 Å². The summed E-state index contributed by atoms with van der Waals surface area (Å²) < 4.78 is 14.7. The Kier molecular flexibility index (Phi) is 3.38. The number of rotatable bonds is 3. The van der Waals surface area contributed by atoms with Gasteiger partial charge in [0.1, 0.15) is 21.2 Å². The van der Waals surface area contributed by atoms with E-state index >= 15 is 0 Å². The summed E-state index contributed by atoms with van der Waals surface area (Å²) in [5.74, 6) is 4.31. The number of fused-ring (bicyclic) bond motifs is 1. The Morgan fingerprint density at radius 1 is 1.41 bits per heavy atom. The first-order valence-corrected chi connectivity index (χ1v) is 7.06. The summed E-state index contributed by atoms with van der Waals surface area (Å²) in [6.45, 7) is 0. The van der Waals surface area contributed by atoms with Crippen molar-refractivity contribution in [3.05, 3.63) is 62.8 Å². The highest BCUT2D eigenvalue weighted by atomic mass is 32.1. The molecule has 0 aliphatic heterocycles. The van der Waals surface area contributed by atoms with Gasteiger partial charge in [0.05, 0.1) is 5.52 Å². The number of hydrogen-bond acceptors (Lipinski definition) is 5. The van der Waals surface area contributed by atoms with Gasteiger partial charge in [-0.1, -0.05) is 18.2 Å². The predicted octanol–water partition coefficient (Wildman–Crippen LogP) is 1.60. The molecule has 0 aliphatic carbocycles. The number of nitrogen functional groups attached to an aromatic ring is 1. The average Bonchev–Trinajstić information content (AvgIpc) is 2.91. The fraction of sp³-hybridized carbons (Fsp3) is 0.0714. The Balaban J connectivity index is 2.14. The van der Waals surface area contributed by atoms with Crippen molar-refractivity contribution in [3.63, 3.8) is 0 Å². The summed E-state index contributed by atoms with van der Waals surface area (Å²) in [6.07, 6.45) is 0.0343. The van der Waals surface area contributed by atoms with E-state index in [0.29, 0.717) is 5.56 Å². The van der Waals surface area contributed by atoms with Gasteiger partial charge in [0.25, 0.3) is 5.56 Å². The zero-order valence-electron chi connectivity index (χ0n) is 11.1. The summed E-state index contributed by atoms with van der Waals surface area (Å²) in [7, 11) is 0. The summed E-state index contributed by atoms with van der Waals surface area (Å²) in [6, 6.07) is 7.42. The monoisotopic (exact) mass is 319 g/mol. The van der Waals surface area contributed by atoms with E-state index in [1.807, 2.05) is 0 Å². The zero-order valence-corrected chi connectivity index (χ0v) is 11.9. The number of aromatic nitrogens is 2. The van der Waals surface area contributed by atoms with Crippen LogP contribution in [0, 0.1) is 5.82 Å². The van der Waals surface area contributed by atoms with Crippen molar-refractivity contribution in [2.45, 2.75) is 6.42 Å². The molecule has 0 saturated heterocycles. The van der Waals surface area contributed by atoms with Gasteiger partial charge >= 0.3 is 5.97 Å². The number of hydrogen-bond donors (Lipinski definition) is 2. The van der Waals surface area contributed by atoms with Crippen molar-refractivity contribution in [1.29, 1.82) is 0 Å². The van der Waals surface area contributed by atoms with Crippen molar-refractivity contribution >= 4 is 27.5 Å². The van der Waals surface area contributed by atoms with Gasteiger partial charge in [-0.25, -0.2) is 18.8 Å². The second kappa shape index (κ2) is 5.23. The van der Waals surface area contributed by atoms with Crippen molar-refractivity contribution in [3.8, 4) is 0 Å². The van der Waals surface area contributed by atoms with Gasteiger partial charge in [-0.2, -0.15) is 0 Å². The quantitative estimate of drug-likeness (QED) is 0.715. The molecule has 2 heterocycles. The van der Waals surface area contributed by atoms with Gasteiger partial charge in [0.2, 0.25) is 0 Å². The molecule has 0 radical (unpaired) electrons. The minimum absolute atomic E-state index is 0.00245. The number of carbonyl (C=O) groups is 1. The number of benzene rings is 1. The molecule has 0 saturated carbocycles. The maximum atomic E-state index is 13.7. The molecule has 3 aromatic rings. The van der Waals surface area contributed by atoms with E-state index in [9.17, 15) is 14.0 Å². The van der Waals surface area contributed by atoms with Gasteiger partial charge < -0.3 is 10.9 Å². The third-order valence-corrected chi connectivity index (χ3v) is 4.27. The van der Waals surface area contributed by atoms with Crippen LogP contribution in [0.2, 0.25) is 0 Å². The van der Waals surface area contributed by atoms with Crippen LogP contribution in [-0.4, -0.2) is 20.7 Å². The van der Waals surface area contributed by atoms with Crippen LogP contribution in [0.3, 0.4) is 0 Å². The Morgan fingerprint density at radius 3 is 2.82 bits per heavy atom. The Morgan fingerprint density at radius 2 is 2.14 bits per heavy atom. The number of nitrogens with two attached hydrogens (primary N) is 1. The van der Waals surface area contributed by atoms with E-state index in [-0.39, 0.29) is 27.3 Å². The number of thiophene rings is 1.